The van der Waals surface area contributed by atoms with Crippen LogP contribution < -0.4 is 0 Å². The number of carbonyl (C=O) groups is 1. The highest BCUT2D eigenvalue weighted by Gasteiger charge is 2.30. The lowest BCUT2D eigenvalue weighted by Crippen LogP contribution is -2.38. The van der Waals surface area contributed by atoms with Gasteiger partial charge in [0.1, 0.15) is 11.5 Å². The monoisotopic (exact) mass is 308 g/mol. The normalized spacial score (nSPS) is 16.5. The van der Waals surface area contributed by atoms with E-state index in [1.54, 1.807) is 11.0 Å². The van der Waals surface area contributed by atoms with Gasteiger partial charge in [-0.15, -0.1) is 0 Å². The zero-order valence-electron chi connectivity index (χ0n) is 13.4. The quantitative estimate of drug-likeness (QED) is 0.861. The number of nitrogens with zero attached hydrogens (tertiary/aromatic N) is 3. The Balaban J connectivity index is 1.95. The lowest BCUT2D eigenvalue weighted by atomic mass is 10.2. The third kappa shape index (κ3) is 3.40. The summed E-state index contributed by atoms with van der Waals surface area (Å²) < 4.78 is 0. The topological polar surface area (TPSA) is 51.7 Å². The molecular formula is C18H20N4O. The van der Waals surface area contributed by atoms with Crippen molar-refractivity contribution < 1.29 is 4.79 Å². The Morgan fingerprint density at radius 2 is 1.96 bits per heavy atom. The fourth-order valence-corrected chi connectivity index (χ4v) is 2.45. The molecule has 3 rings (SSSR count). The fraction of sp³-hybridized carbons (Fsp3) is 0.222. The van der Waals surface area contributed by atoms with Gasteiger partial charge in [0.25, 0.3) is 5.91 Å². The zero-order valence-corrected chi connectivity index (χ0v) is 13.4. The molecule has 23 heavy (non-hydrogen) atoms. The van der Waals surface area contributed by atoms with Crippen molar-refractivity contribution in [1.82, 2.24) is 14.8 Å². The third-order valence-electron chi connectivity index (χ3n) is 3.66. The fourth-order valence-electron chi connectivity index (χ4n) is 2.45. The summed E-state index contributed by atoms with van der Waals surface area (Å²) in [5.74, 6) is 0.663. The average molecular weight is 308 g/mol. The number of hydrogen-bond donors (Lipinski definition) is 1. The molecule has 0 unspecified atom stereocenters. The molecule has 0 saturated carbocycles. The predicted octanol–water partition coefficient (Wildman–Crippen LogP) is 2.21. The number of amidine groups is 1. The number of H-pyrrole nitrogens is 1. The minimum Gasteiger partial charge on any atom is -0.362 e. The maximum atomic E-state index is 12.7. The van der Waals surface area contributed by atoms with E-state index in [1.165, 1.54) is 0 Å². The van der Waals surface area contributed by atoms with Crippen LogP contribution in [-0.4, -0.2) is 53.7 Å². The molecule has 0 saturated heterocycles. The molecule has 0 bridgehead atoms. The first kappa shape index (κ1) is 15.2. The van der Waals surface area contributed by atoms with E-state index in [1.807, 2.05) is 62.8 Å². The van der Waals surface area contributed by atoms with Crippen LogP contribution in [0.1, 0.15) is 11.3 Å². The van der Waals surface area contributed by atoms with Gasteiger partial charge in [0, 0.05) is 30.5 Å². The minimum atomic E-state index is -0.0553. The predicted molar refractivity (Wildman–Crippen MR) is 92.0 cm³/mol. The Morgan fingerprint density at radius 1 is 1.17 bits per heavy atom. The standard InChI is InChI=1S/C18H20N4O/c1-21(2)11-12-22-17(14-7-4-3-5-8-14)20-16(18(22)23)13-15-9-6-10-19-15/h3-10,13,19H,11-12H2,1-2H3/b16-13-. The van der Waals surface area contributed by atoms with Crippen LogP contribution in [0.2, 0.25) is 0 Å². The van der Waals surface area contributed by atoms with Crippen LogP contribution in [0.3, 0.4) is 0 Å². The molecule has 1 N–H and O–H groups in total. The molecule has 2 heterocycles. The van der Waals surface area contributed by atoms with E-state index in [0.29, 0.717) is 12.2 Å². The number of aromatic amines is 1. The number of likely N-dealkylation sites (N-methyl/N-ethyl adjacent to an activating group) is 1. The smallest absolute Gasteiger partial charge is 0.278 e. The molecule has 5 heteroatoms. The number of aromatic nitrogens is 1. The number of rotatable bonds is 5. The second-order valence-corrected chi connectivity index (χ2v) is 5.72. The van der Waals surface area contributed by atoms with Crippen molar-refractivity contribution >= 4 is 17.8 Å². The van der Waals surface area contributed by atoms with Gasteiger partial charge in [0.05, 0.1) is 0 Å². The molecule has 1 aromatic carbocycles. The molecule has 0 fully saturated rings. The van der Waals surface area contributed by atoms with Gasteiger partial charge in [0.15, 0.2) is 0 Å². The Kier molecular flexibility index (Phi) is 4.39. The van der Waals surface area contributed by atoms with Crippen molar-refractivity contribution in [3.63, 3.8) is 0 Å². The van der Waals surface area contributed by atoms with E-state index < -0.39 is 0 Å². The molecule has 1 aromatic heterocycles. The second-order valence-electron chi connectivity index (χ2n) is 5.72. The number of amides is 1. The van der Waals surface area contributed by atoms with Crippen molar-refractivity contribution in [2.45, 2.75) is 0 Å². The van der Waals surface area contributed by atoms with Crippen molar-refractivity contribution in [2.24, 2.45) is 4.99 Å². The van der Waals surface area contributed by atoms with Gasteiger partial charge in [-0.3, -0.25) is 9.69 Å². The van der Waals surface area contributed by atoms with Gasteiger partial charge in [-0.25, -0.2) is 4.99 Å². The summed E-state index contributed by atoms with van der Waals surface area (Å²) >= 11 is 0. The summed E-state index contributed by atoms with van der Waals surface area (Å²) in [4.78, 5) is 24.2. The van der Waals surface area contributed by atoms with Crippen LogP contribution in [0.4, 0.5) is 0 Å². The summed E-state index contributed by atoms with van der Waals surface area (Å²) in [6.45, 7) is 1.40. The number of aliphatic imine (C=N–C) groups is 1. The van der Waals surface area contributed by atoms with Gasteiger partial charge in [0.2, 0.25) is 0 Å². The summed E-state index contributed by atoms with van der Waals surface area (Å²) in [5.41, 5.74) is 2.29. The van der Waals surface area contributed by atoms with E-state index in [9.17, 15) is 4.79 Å². The Bertz CT molecular complexity index is 730. The molecule has 1 aliphatic heterocycles. The summed E-state index contributed by atoms with van der Waals surface area (Å²) in [6.07, 6.45) is 3.62. The summed E-state index contributed by atoms with van der Waals surface area (Å²) in [6, 6.07) is 13.6. The lowest BCUT2D eigenvalue weighted by molar-refractivity contribution is -0.122. The van der Waals surface area contributed by atoms with Gasteiger partial charge in [-0.1, -0.05) is 30.3 Å². The molecule has 5 nitrogen and oxygen atoms in total. The van der Waals surface area contributed by atoms with E-state index in [2.05, 4.69) is 14.9 Å². The second kappa shape index (κ2) is 6.62. The van der Waals surface area contributed by atoms with Gasteiger partial charge >= 0.3 is 0 Å². The first-order chi connectivity index (χ1) is 11.1. The molecule has 1 amide bonds. The van der Waals surface area contributed by atoms with Crippen molar-refractivity contribution in [1.29, 1.82) is 0 Å². The van der Waals surface area contributed by atoms with Crippen LogP contribution in [0.15, 0.2) is 59.4 Å². The maximum absolute atomic E-state index is 12.7. The molecule has 2 aromatic rings. The van der Waals surface area contributed by atoms with Crippen LogP contribution in [0.5, 0.6) is 0 Å². The van der Waals surface area contributed by atoms with Crippen LogP contribution in [-0.2, 0) is 4.79 Å². The molecule has 118 valence electrons. The lowest BCUT2D eigenvalue weighted by Gasteiger charge is -2.20. The largest absolute Gasteiger partial charge is 0.362 e. The minimum absolute atomic E-state index is 0.0553. The highest BCUT2D eigenvalue weighted by molar-refractivity contribution is 6.19. The molecule has 1 aliphatic rings. The molecular weight excluding hydrogens is 288 g/mol. The summed E-state index contributed by atoms with van der Waals surface area (Å²) in [7, 11) is 3.99. The first-order valence-electron chi connectivity index (χ1n) is 7.61. The third-order valence-corrected chi connectivity index (χ3v) is 3.66. The van der Waals surface area contributed by atoms with E-state index in [-0.39, 0.29) is 5.91 Å². The van der Waals surface area contributed by atoms with Crippen LogP contribution in [0.25, 0.3) is 6.08 Å². The van der Waals surface area contributed by atoms with Crippen molar-refractivity contribution in [3.05, 3.63) is 65.6 Å². The first-order valence-corrected chi connectivity index (χ1v) is 7.61. The maximum Gasteiger partial charge on any atom is 0.278 e. The molecule has 0 radical (unpaired) electrons. The number of carbonyl (C=O) groups excluding carboxylic acids is 1. The van der Waals surface area contributed by atoms with E-state index >= 15 is 0 Å². The zero-order chi connectivity index (χ0) is 16.2. The van der Waals surface area contributed by atoms with Gasteiger partial charge in [-0.05, 0) is 32.3 Å². The van der Waals surface area contributed by atoms with E-state index in [0.717, 1.165) is 23.6 Å². The number of nitrogens with one attached hydrogen (secondary N) is 1. The van der Waals surface area contributed by atoms with Crippen molar-refractivity contribution in [3.8, 4) is 0 Å². The summed E-state index contributed by atoms with van der Waals surface area (Å²) in [5, 5.41) is 0. The SMILES string of the molecule is CN(C)CCN1C(=O)/C(=C/c2ccc[nH]2)N=C1c1ccccc1. The highest BCUT2D eigenvalue weighted by Crippen LogP contribution is 2.21. The van der Waals surface area contributed by atoms with Gasteiger partial charge in [-0.2, -0.15) is 0 Å². The Labute approximate surface area is 135 Å². The van der Waals surface area contributed by atoms with Crippen molar-refractivity contribution in [2.75, 3.05) is 27.2 Å². The molecule has 0 aliphatic carbocycles. The highest BCUT2D eigenvalue weighted by atomic mass is 16.2. The number of hydrogen-bond acceptors (Lipinski definition) is 3. The molecule has 0 spiro atoms. The molecule has 0 atom stereocenters. The van der Waals surface area contributed by atoms with Crippen LogP contribution >= 0.6 is 0 Å². The van der Waals surface area contributed by atoms with Crippen LogP contribution in [0, 0.1) is 0 Å². The number of benzene rings is 1. The Hall–Kier alpha value is -2.66. The average Bonchev–Trinajstić information content (AvgIpc) is 3.16. The van der Waals surface area contributed by atoms with E-state index in [4.69, 9.17) is 0 Å². The Morgan fingerprint density at radius 3 is 2.61 bits per heavy atom. The van der Waals surface area contributed by atoms with Gasteiger partial charge < -0.3 is 9.88 Å².